The lowest BCUT2D eigenvalue weighted by molar-refractivity contribution is 0.0934. The Morgan fingerprint density at radius 1 is 1.55 bits per heavy atom. The summed E-state index contributed by atoms with van der Waals surface area (Å²) in [5, 5.41) is 3.00. The largest absolute Gasteiger partial charge is 0.496 e. The molecule has 2 rings (SSSR count). The molecule has 1 amide bonds. The molecule has 0 radical (unpaired) electrons. The first kappa shape index (κ1) is 14.7. The Hall–Kier alpha value is -1.75. The predicted molar refractivity (Wildman–Crippen MR) is 80.0 cm³/mol. The highest BCUT2D eigenvalue weighted by Gasteiger charge is 2.19. The predicted octanol–water partition coefficient (Wildman–Crippen LogP) is 1.35. The summed E-state index contributed by atoms with van der Waals surface area (Å²) >= 11 is 0. The number of amides is 1. The zero-order chi connectivity index (χ0) is 14.5. The molecule has 1 heterocycles. The molecule has 0 saturated carbocycles. The SMILES string of the molecule is COc1cc(N)ccc1C(=O)NCC1CCCN(C)C1. The maximum Gasteiger partial charge on any atom is 0.255 e. The fraction of sp³-hybridized carbons (Fsp3) is 0.533. The van der Waals surface area contributed by atoms with Crippen molar-refractivity contribution in [3.8, 4) is 5.75 Å². The molecule has 0 bridgehead atoms. The molecule has 1 fully saturated rings. The summed E-state index contributed by atoms with van der Waals surface area (Å²) in [4.78, 5) is 14.5. The van der Waals surface area contributed by atoms with Gasteiger partial charge in [-0.2, -0.15) is 0 Å². The Balaban J connectivity index is 1.94. The summed E-state index contributed by atoms with van der Waals surface area (Å²) in [5.41, 5.74) is 6.82. The number of nitrogens with one attached hydrogen (secondary N) is 1. The number of ether oxygens (including phenoxy) is 1. The number of anilines is 1. The van der Waals surface area contributed by atoms with Crippen LogP contribution < -0.4 is 15.8 Å². The van der Waals surface area contributed by atoms with Gasteiger partial charge in [-0.25, -0.2) is 0 Å². The minimum atomic E-state index is -0.102. The highest BCUT2D eigenvalue weighted by atomic mass is 16.5. The van der Waals surface area contributed by atoms with E-state index in [1.54, 1.807) is 25.3 Å². The van der Waals surface area contributed by atoms with Crippen molar-refractivity contribution in [1.82, 2.24) is 10.2 Å². The number of piperidine rings is 1. The molecule has 0 spiro atoms. The zero-order valence-electron chi connectivity index (χ0n) is 12.2. The fourth-order valence-corrected chi connectivity index (χ4v) is 2.67. The van der Waals surface area contributed by atoms with E-state index in [2.05, 4.69) is 17.3 Å². The molecule has 1 aromatic carbocycles. The van der Waals surface area contributed by atoms with Gasteiger partial charge in [-0.05, 0) is 44.5 Å². The van der Waals surface area contributed by atoms with E-state index in [1.165, 1.54) is 12.8 Å². The molecule has 1 atom stereocenters. The standard InChI is InChI=1S/C15H23N3O2/c1-18-7-3-4-11(10-18)9-17-15(19)13-6-5-12(16)8-14(13)20-2/h5-6,8,11H,3-4,7,9-10,16H2,1-2H3,(H,17,19). The number of nitrogens with zero attached hydrogens (tertiary/aromatic N) is 1. The zero-order valence-corrected chi connectivity index (χ0v) is 12.2. The Morgan fingerprint density at radius 2 is 2.35 bits per heavy atom. The van der Waals surface area contributed by atoms with Crippen molar-refractivity contribution in [2.75, 3.05) is 39.5 Å². The highest BCUT2D eigenvalue weighted by molar-refractivity contribution is 5.97. The third-order valence-electron chi connectivity index (χ3n) is 3.74. The van der Waals surface area contributed by atoms with Gasteiger partial charge in [0.05, 0.1) is 12.7 Å². The van der Waals surface area contributed by atoms with Crippen LogP contribution in [0.1, 0.15) is 23.2 Å². The van der Waals surface area contributed by atoms with Crippen molar-refractivity contribution < 1.29 is 9.53 Å². The molecule has 1 aliphatic heterocycles. The normalized spacial score (nSPS) is 19.6. The smallest absolute Gasteiger partial charge is 0.255 e. The van der Waals surface area contributed by atoms with E-state index in [4.69, 9.17) is 10.5 Å². The van der Waals surface area contributed by atoms with Gasteiger partial charge < -0.3 is 20.7 Å². The Morgan fingerprint density at radius 3 is 3.05 bits per heavy atom. The number of likely N-dealkylation sites (tertiary alicyclic amines) is 1. The minimum absolute atomic E-state index is 0.102. The van der Waals surface area contributed by atoms with E-state index in [1.807, 2.05) is 0 Å². The van der Waals surface area contributed by atoms with E-state index in [0.29, 0.717) is 29.5 Å². The van der Waals surface area contributed by atoms with Crippen molar-refractivity contribution in [3.05, 3.63) is 23.8 Å². The van der Waals surface area contributed by atoms with Crippen molar-refractivity contribution in [3.63, 3.8) is 0 Å². The molecule has 5 nitrogen and oxygen atoms in total. The Bertz CT molecular complexity index is 476. The van der Waals surface area contributed by atoms with Crippen LogP contribution in [0.2, 0.25) is 0 Å². The third kappa shape index (κ3) is 3.63. The number of methoxy groups -OCH3 is 1. The van der Waals surface area contributed by atoms with Crippen molar-refractivity contribution in [1.29, 1.82) is 0 Å². The number of hydrogen-bond acceptors (Lipinski definition) is 4. The van der Waals surface area contributed by atoms with Crippen molar-refractivity contribution in [2.45, 2.75) is 12.8 Å². The monoisotopic (exact) mass is 277 g/mol. The maximum atomic E-state index is 12.2. The van der Waals surface area contributed by atoms with Gasteiger partial charge in [0.2, 0.25) is 0 Å². The minimum Gasteiger partial charge on any atom is -0.496 e. The Kier molecular flexibility index (Phi) is 4.84. The average Bonchev–Trinajstić information content (AvgIpc) is 2.44. The molecular weight excluding hydrogens is 254 g/mol. The molecular formula is C15H23N3O2. The fourth-order valence-electron chi connectivity index (χ4n) is 2.67. The van der Waals surface area contributed by atoms with Crippen molar-refractivity contribution in [2.24, 2.45) is 5.92 Å². The van der Waals surface area contributed by atoms with Crippen LogP contribution in [0, 0.1) is 5.92 Å². The molecule has 3 N–H and O–H groups in total. The summed E-state index contributed by atoms with van der Waals surface area (Å²) < 4.78 is 5.21. The van der Waals surface area contributed by atoms with Crippen LogP contribution in [-0.2, 0) is 0 Å². The van der Waals surface area contributed by atoms with Crippen LogP contribution in [0.3, 0.4) is 0 Å². The van der Waals surface area contributed by atoms with Gasteiger partial charge in [0, 0.05) is 24.8 Å². The number of carbonyl (C=O) groups excluding carboxylic acids is 1. The van der Waals surface area contributed by atoms with Crippen LogP contribution in [0.25, 0.3) is 0 Å². The number of rotatable bonds is 4. The molecule has 110 valence electrons. The van der Waals surface area contributed by atoms with Crippen molar-refractivity contribution >= 4 is 11.6 Å². The summed E-state index contributed by atoms with van der Waals surface area (Å²) in [6, 6.07) is 5.09. The molecule has 1 unspecified atom stereocenters. The third-order valence-corrected chi connectivity index (χ3v) is 3.74. The van der Waals surface area contributed by atoms with Gasteiger partial charge in [0.25, 0.3) is 5.91 Å². The van der Waals surface area contributed by atoms with E-state index in [-0.39, 0.29) is 5.91 Å². The van der Waals surface area contributed by atoms with Crippen LogP contribution >= 0.6 is 0 Å². The quantitative estimate of drug-likeness (QED) is 0.815. The molecule has 5 heteroatoms. The summed E-state index contributed by atoms with van der Waals surface area (Å²) in [7, 11) is 3.67. The summed E-state index contributed by atoms with van der Waals surface area (Å²) in [6.07, 6.45) is 2.37. The van der Waals surface area contributed by atoms with Crippen LogP contribution in [0.4, 0.5) is 5.69 Å². The second kappa shape index (κ2) is 6.61. The first-order chi connectivity index (χ1) is 9.60. The second-order valence-corrected chi connectivity index (χ2v) is 5.44. The van der Waals surface area contributed by atoms with Gasteiger partial charge in [0.1, 0.15) is 5.75 Å². The lowest BCUT2D eigenvalue weighted by Gasteiger charge is -2.29. The highest BCUT2D eigenvalue weighted by Crippen LogP contribution is 2.21. The topological polar surface area (TPSA) is 67.6 Å². The van der Waals surface area contributed by atoms with E-state index in [0.717, 1.165) is 13.1 Å². The summed E-state index contributed by atoms with van der Waals surface area (Å²) in [5.74, 6) is 0.941. The summed E-state index contributed by atoms with van der Waals surface area (Å²) in [6.45, 7) is 2.89. The average molecular weight is 277 g/mol. The molecule has 20 heavy (non-hydrogen) atoms. The number of hydrogen-bond donors (Lipinski definition) is 2. The Labute approximate surface area is 120 Å². The number of nitrogen functional groups attached to an aromatic ring is 1. The molecule has 0 aliphatic carbocycles. The molecule has 0 aromatic heterocycles. The maximum absolute atomic E-state index is 12.2. The number of nitrogens with two attached hydrogens (primary N) is 1. The van der Waals surface area contributed by atoms with E-state index >= 15 is 0 Å². The van der Waals surface area contributed by atoms with E-state index < -0.39 is 0 Å². The van der Waals surface area contributed by atoms with Gasteiger partial charge in [-0.15, -0.1) is 0 Å². The molecule has 1 saturated heterocycles. The van der Waals surface area contributed by atoms with Gasteiger partial charge in [-0.1, -0.05) is 0 Å². The van der Waals surface area contributed by atoms with E-state index in [9.17, 15) is 4.79 Å². The van der Waals surface area contributed by atoms with Gasteiger partial charge in [0.15, 0.2) is 0 Å². The van der Waals surface area contributed by atoms with Crippen LogP contribution in [-0.4, -0.2) is 44.6 Å². The first-order valence-electron chi connectivity index (χ1n) is 7.00. The van der Waals surface area contributed by atoms with Gasteiger partial charge >= 0.3 is 0 Å². The second-order valence-electron chi connectivity index (χ2n) is 5.44. The molecule has 1 aliphatic rings. The van der Waals surface area contributed by atoms with Crippen LogP contribution in [0.15, 0.2) is 18.2 Å². The lowest BCUT2D eigenvalue weighted by atomic mass is 9.98. The number of carbonyl (C=O) groups is 1. The lowest BCUT2D eigenvalue weighted by Crippen LogP contribution is -2.39. The molecule has 1 aromatic rings. The number of benzene rings is 1. The van der Waals surface area contributed by atoms with Crippen LogP contribution in [0.5, 0.6) is 5.75 Å². The first-order valence-corrected chi connectivity index (χ1v) is 7.00. The van der Waals surface area contributed by atoms with Gasteiger partial charge in [-0.3, -0.25) is 4.79 Å².